The molecule has 1 amide bonds. The van der Waals surface area contributed by atoms with Crippen LogP contribution in [0.15, 0.2) is 42.6 Å². The summed E-state index contributed by atoms with van der Waals surface area (Å²) in [6, 6.07) is 11.4. The van der Waals surface area contributed by atoms with Gasteiger partial charge in [0.2, 0.25) is 12.7 Å². The summed E-state index contributed by atoms with van der Waals surface area (Å²) in [5.74, 6) is 1.38. The second-order valence-corrected chi connectivity index (χ2v) is 6.49. The molecule has 0 spiro atoms. The van der Waals surface area contributed by atoms with Crippen molar-refractivity contribution in [2.24, 2.45) is 0 Å². The lowest BCUT2D eigenvalue weighted by Gasteiger charge is -2.34. The van der Waals surface area contributed by atoms with E-state index in [4.69, 9.17) is 9.47 Å². The number of carbonyl (C=O) groups excluding carboxylic acids is 1. The van der Waals surface area contributed by atoms with Crippen molar-refractivity contribution >= 4 is 11.6 Å². The van der Waals surface area contributed by atoms with Gasteiger partial charge >= 0.3 is 0 Å². The number of fused-ring (bicyclic) bond motifs is 1. The molecule has 3 heterocycles. The number of pyridine rings is 1. The van der Waals surface area contributed by atoms with Gasteiger partial charge in [-0.05, 0) is 24.3 Å². The van der Waals surface area contributed by atoms with Gasteiger partial charge in [0.05, 0.1) is 12.2 Å². The van der Waals surface area contributed by atoms with Gasteiger partial charge in [-0.2, -0.15) is 0 Å². The Morgan fingerprint density at radius 2 is 1.85 bits per heavy atom. The van der Waals surface area contributed by atoms with E-state index >= 15 is 0 Å². The second-order valence-electron chi connectivity index (χ2n) is 6.49. The van der Waals surface area contributed by atoms with E-state index in [9.17, 15) is 4.79 Å². The standard InChI is InChI=1S/C19H22N4O3/c24-19(21-15-4-5-17-18(11-15)26-14-25-17)13-23-9-7-22(8-10-23)12-16-3-1-2-6-20-16/h1-6,11H,7-10,12-14H2,(H,21,24). The molecule has 4 rings (SSSR count). The molecule has 1 saturated heterocycles. The van der Waals surface area contributed by atoms with Crippen LogP contribution >= 0.6 is 0 Å². The van der Waals surface area contributed by atoms with E-state index in [0.29, 0.717) is 18.0 Å². The fourth-order valence-electron chi connectivity index (χ4n) is 3.20. The van der Waals surface area contributed by atoms with Crippen LogP contribution in [0.5, 0.6) is 11.5 Å². The Labute approximate surface area is 152 Å². The Balaban J connectivity index is 1.23. The molecule has 1 aromatic carbocycles. The highest BCUT2D eigenvalue weighted by atomic mass is 16.7. The molecule has 136 valence electrons. The first-order chi connectivity index (χ1) is 12.8. The van der Waals surface area contributed by atoms with E-state index in [2.05, 4.69) is 20.1 Å². The molecule has 0 saturated carbocycles. The maximum atomic E-state index is 12.3. The van der Waals surface area contributed by atoms with Crippen LogP contribution in [-0.2, 0) is 11.3 Å². The third-order valence-corrected chi connectivity index (χ3v) is 4.60. The molecular weight excluding hydrogens is 332 g/mol. The molecule has 2 aliphatic rings. The van der Waals surface area contributed by atoms with E-state index in [1.54, 1.807) is 6.07 Å². The molecule has 2 aromatic rings. The normalized spacial score (nSPS) is 17.2. The quantitative estimate of drug-likeness (QED) is 0.879. The molecule has 2 aliphatic heterocycles. The van der Waals surface area contributed by atoms with E-state index < -0.39 is 0 Å². The van der Waals surface area contributed by atoms with Crippen LogP contribution in [0, 0.1) is 0 Å². The predicted molar refractivity (Wildman–Crippen MR) is 97.1 cm³/mol. The van der Waals surface area contributed by atoms with Crippen molar-refractivity contribution in [1.29, 1.82) is 0 Å². The highest BCUT2D eigenvalue weighted by Gasteiger charge is 2.20. The zero-order valence-electron chi connectivity index (χ0n) is 14.6. The number of aromatic nitrogens is 1. The summed E-state index contributed by atoms with van der Waals surface area (Å²) >= 11 is 0. The van der Waals surface area contributed by atoms with Gasteiger partial charge < -0.3 is 14.8 Å². The third-order valence-electron chi connectivity index (χ3n) is 4.60. The van der Waals surface area contributed by atoms with Gasteiger partial charge in [0.25, 0.3) is 0 Å². The number of hydrogen-bond acceptors (Lipinski definition) is 6. The average molecular weight is 354 g/mol. The molecule has 7 nitrogen and oxygen atoms in total. The van der Waals surface area contributed by atoms with Crippen LogP contribution in [0.1, 0.15) is 5.69 Å². The maximum Gasteiger partial charge on any atom is 0.238 e. The van der Waals surface area contributed by atoms with Crippen molar-refractivity contribution in [3.63, 3.8) is 0 Å². The van der Waals surface area contributed by atoms with Crippen LogP contribution in [0.2, 0.25) is 0 Å². The number of ether oxygens (including phenoxy) is 2. The average Bonchev–Trinajstić information content (AvgIpc) is 3.12. The number of nitrogens with one attached hydrogen (secondary N) is 1. The minimum atomic E-state index is -0.0120. The first kappa shape index (κ1) is 16.8. The number of nitrogens with zero attached hydrogens (tertiary/aromatic N) is 3. The largest absolute Gasteiger partial charge is 0.454 e. The van der Waals surface area contributed by atoms with E-state index in [1.807, 2.05) is 36.5 Å². The Morgan fingerprint density at radius 3 is 2.65 bits per heavy atom. The molecular formula is C19H22N4O3. The third kappa shape index (κ3) is 4.12. The summed E-state index contributed by atoms with van der Waals surface area (Å²) in [7, 11) is 0. The SMILES string of the molecule is O=C(CN1CCN(Cc2ccccn2)CC1)Nc1ccc2c(c1)OCO2. The number of amides is 1. The van der Waals surface area contributed by atoms with Gasteiger partial charge in [-0.15, -0.1) is 0 Å². The Kier molecular flexibility index (Phi) is 4.99. The fourth-order valence-corrected chi connectivity index (χ4v) is 3.20. The highest BCUT2D eigenvalue weighted by molar-refractivity contribution is 5.92. The van der Waals surface area contributed by atoms with Crippen molar-refractivity contribution in [3.8, 4) is 11.5 Å². The Hall–Kier alpha value is -2.64. The minimum Gasteiger partial charge on any atom is -0.454 e. The molecule has 1 N–H and O–H groups in total. The summed E-state index contributed by atoms with van der Waals surface area (Å²) in [5, 5.41) is 2.93. The van der Waals surface area contributed by atoms with Gasteiger partial charge in [-0.25, -0.2) is 0 Å². The Morgan fingerprint density at radius 1 is 1.04 bits per heavy atom. The smallest absolute Gasteiger partial charge is 0.238 e. The van der Waals surface area contributed by atoms with Gasteiger partial charge in [-0.1, -0.05) is 6.07 Å². The topological polar surface area (TPSA) is 66.9 Å². The summed E-state index contributed by atoms with van der Waals surface area (Å²) in [4.78, 5) is 21.2. The number of benzene rings is 1. The lowest BCUT2D eigenvalue weighted by Crippen LogP contribution is -2.48. The number of rotatable bonds is 5. The first-order valence-electron chi connectivity index (χ1n) is 8.80. The highest BCUT2D eigenvalue weighted by Crippen LogP contribution is 2.34. The molecule has 0 atom stereocenters. The van der Waals surface area contributed by atoms with Crippen LogP contribution in [0.25, 0.3) is 0 Å². The van der Waals surface area contributed by atoms with Gasteiger partial charge in [-0.3, -0.25) is 19.6 Å². The van der Waals surface area contributed by atoms with Crippen molar-refractivity contribution in [1.82, 2.24) is 14.8 Å². The summed E-state index contributed by atoms with van der Waals surface area (Å²) in [6.07, 6.45) is 1.83. The molecule has 0 unspecified atom stereocenters. The van der Waals surface area contributed by atoms with Crippen LogP contribution in [0.3, 0.4) is 0 Å². The second kappa shape index (κ2) is 7.72. The lowest BCUT2D eigenvalue weighted by molar-refractivity contribution is -0.117. The van der Waals surface area contributed by atoms with Crippen molar-refractivity contribution in [3.05, 3.63) is 48.3 Å². The van der Waals surface area contributed by atoms with E-state index in [0.717, 1.165) is 44.1 Å². The van der Waals surface area contributed by atoms with Crippen molar-refractivity contribution in [2.75, 3.05) is 44.8 Å². The number of piperazine rings is 1. The van der Waals surface area contributed by atoms with Crippen LogP contribution in [0.4, 0.5) is 5.69 Å². The Bertz CT molecular complexity index is 761. The molecule has 7 heteroatoms. The molecule has 0 bridgehead atoms. The van der Waals surface area contributed by atoms with E-state index in [-0.39, 0.29) is 12.7 Å². The van der Waals surface area contributed by atoms with Gasteiger partial charge in [0, 0.05) is 50.7 Å². The fraction of sp³-hybridized carbons (Fsp3) is 0.368. The molecule has 1 aromatic heterocycles. The molecule has 26 heavy (non-hydrogen) atoms. The summed E-state index contributed by atoms with van der Waals surface area (Å²) in [6.45, 7) is 5.12. The van der Waals surface area contributed by atoms with Crippen molar-refractivity contribution in [2.45, 2.75) is 6.54 Å². The number of hydrogen-bond donors (Lipinski definition) is 1. The summed E-state index contributed by atoms with van der Waals surface area (Å²) in [5.41, 5.74) is 1.81. The molecule has 0 aliphatic carbocycles. The summed E-state index contributed by atoms with van der Waals surface area (Å²) < 4.78 is 10.6. The van der Waals surface area contributed by atoms with Crippen LogP contribution < -0.4 is 14.8 Å². The van der Waals surface area contributed by atoms with Crippen LogP contribution in [-0.4, -0.2) is 60.2 Å². The first-order valence-corrected chi connectivity index (χ1v) is 8.80. The minimum absolute atomic E-state index is 0.0120. The van der Waals surface area contributed by atoms with Crippen molar-refractivity contribution < 1.29 is 14.3 Å². The maximum absolute atomic E-state index is 12.3. The molecule has 1 fully saturated rings. The van der Waals surface area contributed by atoms with E-state index in [1.165, 1.54) is 0 Å². The van der Waals surface area contributed by atoms with Gasteiger partial charge in [0.15, 0.2) is 11.5 Å². The molecule has 0 radical (unpaired) electrons. The van der Waals surface area contributed by atoms with Gasteiger partial charge in [0.1, 0.15) is 0 Å². The zero-order chi connectivity index (χ0) is 17.8. The monoisotopic (exact) mass is 354 g/mol. The number of carbonyl (C=O) groups is 1. The predicted octanol–water partition coefficient (Wildman–Crippen LogP) is 1.57. The zero-order valence-corrected chi connectivity index (χ0v) is 14.6. The lowest BCUT2D eigenvalue weighted by atomic mass is 10.2. The number of anilines is 1.